The van der Waals surface area contributed by atoms with E-state index in [-0.39, 0.29) is 17.2 Å². The molecular weight excluding hydrogens is 382 g/mol. The third-order valence-corrected chi connectivity index (χ3v) is 6.03. The standard InChI is InChI=1S/C23H23N3O2S/c1-16-19(14-17-8-3-2-4-9-17)22(28)25-23(24-16)29-15-21(27)26-13-7-11-18-10-5-6-12-20(18)26/h2-6,8-10,12H,7,11,13-15H2,1H3,(H,24,25,28). The summed E-state index contributed by atoms with van der Waals surface area (Å²) in [4.78, 5) is 34.6. The number of rotatable bonds is 5. The Balaban J connectivity index is 1.45. The molecule has 0 fully saturated rings. The largest absolute Gasteiger partial charge is 0.311 e. The third-order valence-electron chi connectivity index (χ3n) is 5.17. The van der Waals surface area contributed by atoms with Crippen LogP contribution in [0.25, 0.3) is 0 Å². The number of amides is 1. The van der Waals surface area contributed by atoms with Gasteiger partial charge >= 0.3 is 0 Å². The quantitative estimate of drug-likeness (QED) is 0.519. The summed E-state index contributed by atoms with van der Waals surface area (Å²) in [5.74, 6) is 0.283. The molecule has 5 nitrogen and oxygen atoms in total. The maximum Gasteiger partial charge on any atom is 0.255 e. The van der Waals surface area contributed by atoms with Gasteiger partial charge in [-0.25, -0.2) is 4.98 Å². The van der Waals surface area contributed by atoms with Crippen molar-refractivity contribution >= 4 is 23.4 Å². The van der Waals surface area contributed by atoms with E-state index in [1.54, 1.807) is 0 Å². The van der Waals surface area contributed by atoms with Crippen molar-refractivity contribution in [1.82, 2.24) is 9.97 Å². The first-order valence-corrected chi connectivity index (χ1v) is 10.7. The summed E-state index contributed by atoms with van der Waals surface area (Å²) in [6, 6.07) is 17.9. The van der Waals surface area contributed by atoms with Crippen molar-refractivity contribution in [3.8, 4) is 0 Å². The molecule has 0 unspecified atom stereocenters. The number of hydrogen-bond acceptors (Lipinski definition) is 4. The molecule has 3 aromatic rings. The van der Waals surface area contributed by atoms with Crippen LogP contribution in [0.3, 0.4) is 0 Å². The number of H-pyrrole nitrogens is 1. The van der Waals surface area contributed by atoms with Crippen LogP contribution < -0.4 is 10.5 Å². The van der Waals surface area contributed by atoms with Crippen molar-refractivity contribution in [3.05, 3.63) is 87.3 Å². The van der Waals surface area contributed by atoms with Crippen molar-refractivity contribution in [2.45, 2.75) is 31.3 Å². The van der Waals surface area contributed by atoms with Gasteiger partial charge in [-0.15, -0.1) is 0 Å². The number of nitrogens with one attached hydrogen (secondary N) is 1. The van der Waals surface area contributed by atoms with E-state index in [0.29, 0.717) is 22.8 Å². The Morgan fingerprint density at radius 1 is 1.14 bits per heavy atom. The minimum Gasteiger partial charge on any atom is -0.311 e. The molecule has 4 rings (SSSR count). The van der Waals surface area contributed by atoms with Crippen molar-refractivity contribution in [2.24, 2.45) is 0 Å². The van der Waals surface area contributed by atoms with Crippen LogP contribution in [0, 0.1) is 6.92 Å². The number of fused-ring (bicyclic) bond motifs is 1. The maximum atomic E-state index is 12.8. The lowest BCUT2D eigenvalue weighted by Gasteiger charge is -2.29. The molecular formula is C23H23N3O2S. The van der Waals surface area contributed by atoms with Crippen LogP contribution in [0.15, 0.2) is 64.5 Å². The molecule has 0 atom stereocenters. The predicted molar refractivity (Wildman–Crippen MR) is 117 cm³/mol. The Kier molecular flexibility index (Phi) is 5.81. The zero-order valence-electron chi connectivity index (χ0n) is 16.4. The topological polar surface area (TPSA) is 66.1 Å². The monoisotopic (exact) mass is 405 g/mol. The third kappa shape index (κ3) is 4.43. The molecule has 1 aliphatic rings. The second-order valence-corrected chi connectivity index (χ2v) is 8.13. The number of benzene rings is 2. The Bertz CT molecular complexity index is 1080. The van der Waals surface area contributed by atoms with Crippen LogP contribution in [-0.2, 0) is 17.6 Å². The Labute approximate surface area is 174 Å². The second kappa shape index (κ2) is 8.66. The first-order chi connectivity index (χ1) is 14.1. The van der Waals surface area contributed by atoms with Gasteiger partial charge in [0.2, 0.25) is 5.91 Å². The molecule has 6 heteroatoms. The molecule has 0 aliphatic carbocycles. The van der Waals surface area contributed by atoms with Crippen LogP contribution in [0.2, 0.25) is 0 Å². The molecule has 1 aromatic heterocycles. The summed E-state index contributed by atoms with van der Waals surface area (Å²) in [7, 11) is 0. The van der Waals surface area contributed by atoms with Crippen LogP contribution in [0.5, 0.6) is 0 Å². The van der Waals surface area contributed by atoms with Crippen LogP contribution in [0.1, 0.15) is 28.8 Å². The number of nitrogens with zero attached hydrogens (tertiary/aromatic N) is 2. The molecule has 1 N–H and O–H groups in total. The number of aromatic nitrogens is 2. The minimum absolute atomic E-state index is 0.0378. The summed E-state index contributed by atoms with van der Waals surface area (Å²) in [5.41, 5.74) is 4.51. The molecule has 148 valence electrons. The highest BCUT2D eigenvalue weighted by molar-refractivity contribution is 7.99. The Morgan fingerprint density at radius 3 is 2.69 bits per heavy atom. The highest BCUT2D eigenvalue weighted by Crippen LogP contribution is 2.27. The fourth-order valence-electron chi connectivity index (χ4n) is 3.66. The van der Waals surface area contributed by atoms with Gasteiger partial charge in [-0.3, -0.25) is 9.59 Å². The van der Waals surface area contributed by atoms with Gasteiger partial charge in [-0.05, 0) is 37.0 Å². The highest BCUT2D eigenvalue weighted by Gasteiger charge is 2.22. The van der Waals surface area contributed by atoms with E-state index in [0.717, 1.165) is 30.6 Å². The van der Waals surface area contributed by atoms with Gasteiger partial charge in [0.1, 0.15) is 0 Å². The molecule has 1 aliphatic heterocycles. The number of carbonyl (C=O) groups is 1. The lowest BCUT2D eigenvalue weighted by atomic mass is 10.0. The van der Waals surface area contributed by atoms with E-state index in [1.165, 1.54) is 17.3 Å². The van der Waals surface area contributed by atoms with Gasteiger partial charge < -0.3 is 9.88 Å². The van der Waals surface area contributed by atoms with E-state index in [1.807, 2.05) is 60.4 Å². The van der Waals surface area contributed by atoms with E-state index in [4.69, 9.17) is 0 Å². The lowest BCUT2D eigenvalue weighted by Crippen LogP contribution is -2.36. The fourth-order valence-corrected chi connectivity index (χ4v) is 4.44. The van der Waals surface area contributed by atoms with Gasteiger partial charge in [-0.2, -0.15) is 0 Å². The SMILES string of the molecule is Cc1nc(SCC(=O)N2CCCc3ccccc32)[nH]c(=O)c1Cc1ccccc1. The van der Waals surface area contributed by atoms with Crippen LogP contribution in [0.4, 0.5) is 5.69 Å². The van der Waals surface area contributed by atoms with Crippen molar-refractivity contribution in [2.75, 3.05) is 17.2 Å². The lowest BCUT2D eigenvalue weighted by molar-refractivity contribution is -0.116. The molecule has 2 heterocycles. The predicted octanol–water partition coefficient (Wildman–Crippen LogP) is 3.74. The first kappa shape index (κ1) is 19.5. The number of para-hydroxylation sites is 1. The number of aryl methyl sites for hydroxylation is 2. The molecule has 2 aromatic carbocycles. The molecule has 0 radical (unpaired) electrons. The van der Waals surface area contributed by atoms with E-state index in [2.05, 4.69) is 16.0 Å². The Hall–Kier alpha value is -2.86. The van der Waals surface area contributed by atoms with Gasteiger partial charge in [0, 0.05) is 29.9 Å². The zero-order chi connectivity index (χ0) is 20.2. The second-order valence-electron chi connectivity index (χ2n) is 7.16. The number of aromatic amines is 1. The average molecular weight is 406 g/mol. The average Bonchev–Trinajstić information content (AvgIpc) is 2.75. The minimum atomic E-state index is -0.139. The molecule has 1 amide bonds. The number of hydrogen-bond donors (Lipinski definition) is 1. The highest BCUT2D eigenvalue weighted by atomic mass is 32.2. The van der Waals surface area contributed by atoms with Crippen molar-refractivity contribution < 1.29 is 4.79 Å². The summed E-state index contributed by atoms with van der Waals surface area (Å²) in [6.45, 7) is 2.58. The van der Waals surface area contributed by atoms with Crippen molar-refractivity contribution in [1.29, 1.82) is 0 Å². The zero-order valence-corrected chi connectivity index (χ0v) is 17.2. The number of thioether (sulfide) groups is 1. The molecule has 0 saturated heterocycles. The molecule has 0 bridgehead atoms. The van der Waals surface area contributed by atoms with Gasteiger partial charge in [0.25, 0.3) is 5.56 Å². The van der Waals surface area contributed by atoms with Gasteiger partial charge in [0.15, 0.2) is 5.16 Å². The number of anilines is 1. The number of carbonyl (C=O) groups excluding carboxylic acids is 1. The van der Waals surface area contributed by atoms with E-state index >= 15 is 0 Å². The smallest absolute Gasteiger partial charge is 0.255 e. The van der Waals surface area contributed by atoms with E-state index in [9.17, 15) is 9.59 Å². The summed E-state index contributed by atoms with van der Waals surface area (Å²) >= 11 is 1.28. The molecule has 0 saturated carbocycles. The summed E-state index contributed by atoms with van der Waals surface area (Å²) in [5, 5.41) is 0.489. The summed E-state index contributed by atoms with van der Waals surface area (Å²) < 4.78 is 0. The van der Waals surface area contributed by atoms with Gasteiger partial charge in [0.05, 0.1) is 5.75 Å². The van der Waals surface area contributed by atoms with E-state index < -0.39 is 0 Å². The van der Waals surface area contributed by atoms with Crippen LogP contribution in [-0.4, -0.2) is 28.2 Å². The van der Waals surface area contributed by atoms with Gasteiger partial charge in [-0.1, -0.05) is 60.3 Å². The summed E-state index contributed by atoms with van der Waals surface area (Å²) in [6.07, 6.45) is 2.52. The van der Waals surface area contributed by atoms with Crippen molar-refractivity contribution in [3.63, 3.8) is 0 Å². The normalized spacial score (nSPS) is 13.2. The molecule has 29 heavy (non-hydrogen) atoms. The Morgan fingerprint density at radius 2 is 1.90 bits per heavy atom. The molecule has 0 spiro atoms. The maximum absolute atomic E-state index is 12.8. The fraction of sp³-hybridized carbons (Fsp3) is 0.261. The van der Waals surface area contributed by atoms with Crippen LogP contribution >= 0.6 is 11.8 Å². The first-order valence-electron chi connectivity index (χ1n) is 9.76.